The maximum Gasteiger partial charge on any atom is 0.417 e. The van der Waals surface area contributed by atoms with Crippen molar-refractivity contribution in [1.82, 2.24) is 20.2 Å². The molecular weight excluding hydrogens is 457 g/mol. The number of fused-ring (bicyclic) bond motifs is 1. The number of amides is 2. The highest BCUT2D eigenvalue weighted by Crippen LogP contribution is 2.30. The number of nitrogens with one attached hydrogen (secondary N) is 1. The zero-order valence-corrected chi connectivity index (χ0v) is 17.5. The summed E-state index contributed by atoms with van der Waals surface area (Å²) in [4.78, 5) is 33.7. The molecule has 0 radical (unpaired) electrons. The van der Waals surface area contributed by atoms with E-state index in [0.717, 1.165) is 12.1 Å². The molecule has 1 aliphatic heterocycles. The van der Waals surface area contributed by atoms with E-state index in [4.69, 9.17) is 4.74 Å². The highest BCUT2D eigenvalue weighted by molar-refractivity contribution is 5.97. The highest BCUT2D eigenvalue weighted by Gasteiger charge is 2.32. The van der Waals surface area contributed by atoms with Gasteiger partial charge in [0.15, 0.2) is 0 Å². The first-order chi connectivity index (χ1) is 16.1. The number of ether oxygens (including phenoxy) is 1. The summed E-state index contributed by atoms with van der Waals surface area (Å²) in [5.41, 5.74) is -0.358. The normalized spacial score (nSPS) is 18.2. The second kappa shape index (κ2) is 9.23. The summed E-state index contributed by atoms with van der Waals surface area (Å²) in [6, 6.07) is 9.74. The zero-order chi connectivity index (χ0) is 24.5. The van der Waals surface area contributed by atoms with E-state index in [1.807, 2.05) is 0 Å². The summed E-state index contributed by atoms with van der Waals surface area (Å²) in [5.74, 6) is -0.716. The van der Waals surface area contributed by atoms with Crippen molar-refractivity contribution in [2.75, 3.05) is 19.6 Å². The Kier molecular flexibility index (Phi) is 6.35. The number of aliphatic hydroxyl groups is 2. The van der Waals surface area contributed by atoms with Crippen LogP contribution >= 0.6 is 0 Å². The molecule has 3 aromatic rings. The fraction of sp³-hybridized carbons (Fsp3) is 0.273. The topological polar surface area (TPSA) is 125 Å². The van der Waals surface area contributed by atoms with Crippen LogP contribution in [-0.4, -0.2) is 68.7 Å². The molecule has 3 heterocycles. The van der Waals surface area contributed by atoms with E-state index < -0.39 is 35.8 Å². The van der Waals surface area contributed by atoms with Crippen LogP contribution in [0.4, 0.5) is 13.2 Å². The molecule has 2 atom stereocenters. The van der Waals surface area contributed by atoms with E-state index in [9.17, 15) is 33.0 Å². The zero-order valence-electron chi connectivity index (χ0n) is 17.5. The van der Waals surface area contributed by atoms with E-state index in [1.54, 1.807) is 18.2 Å². The average Bonchev–Trinajstić information content (AvgIpc) is 3.15. The molecule has 1 aliphatic rings. The van der Waals surface area contributed by atoms with Gasteiger partial charge in [-0.3, -0.25) is 9.59 Å². The number of hydrogen-bond acceptors (Lipinski definition) is 7. The Morgan fingerprint density at radius 1 is 1.09 bits per heavy atom. The van der Waals surface area contributed by atoms with Gasteiger partial charge in [-0.1, -0.05) is 6.07 Å². The number of likely N-dealkylation sites (tertiary alicyclic amines) is 1. The molecule has 3 N–H and O–H groups in total. The van der Waals surface area contributed by atoms with Crippen molar-refractivity contribution in [2.45, 2.75) is 18.4 Å². The minimum Gasteiger partial charge on any atom is -0.439 e. The van der Waals surface area contributed by atoms with E-state index in [-0.39, 0.29) is 31.2 Å². The summed E-state index contributed by atoms with van der Waals surface area (Å²) < 4.78 is 43.4. The number of aliphatic hydroxyl groups excluding tert-OH is 2. The predicted molar refractivity (Wildman–Crippen MR) is 112 cm³/mol. The molecule has 0 aliphatic carbocycles. The third-order valence-corrected chi connectivity index (χ3v) is 5.19. The van der Waals surface area contributed by atoms with Crippen molar-refractivity contribution in [3.63, 3.8) is 0 Å². The number of pyridine rings is 2. The van der Waals surface area contributed by atoms with E-state index in [0.29, 0.717) is 22.8 Å². The molecule has 0 saturated carbocycles. The van der Waals surface area contributed by atoms with Crippen molar-refractivity contribution >= 4 is 22.7 Å². The summed E-state index contributed by atoms with van der Waals surface area (Å²) in [7, 11) is 0. The van der Waals surface area contributed by atoms with Crippen molar-refractivity contribution in [3.8, 4) is 11.6 Å². The number of β-amino-alcohol motifs (C(OH)–C–C–N with tert-alkyl or cyclic N) is 2. The van der Waals surface area contributed by atoms with Gasteiger partial charge in [0, 0.05) is 30.7 Å². The molecule has 178 valence electrons. The van der Waals surface area contributed by atoms with Crippen LogP contribution in [0.1, 0.15) is 16.1 Å². The lowest BCUT2D eigenvalue weighted by molar-refractivity contribution is -0.137. The van der Waals surface area contributed by atoms with Crippen LogP contribution in [-0.2, 0) is 11.0 Å². The number of carbonyl (C=O) groups excluding carboxylic acids is 2. The molecule has 0 spiro atoms. The van der Waals surface area contributed by atoms with Crippen molar-refractivity contribution in [3.05, 3.63) is 59.9 Å². The van der Waals surface area contributed by atoms with Gasteiger partial charge < -0.3 is 25.2 Å². The van der Waals surface area contributed by atoms with Gasteiger partial charge in [-0.05, 0) is 30.3 Å². The minimum absolute atomic E-state index is 0.00348. The third-order valence-electron chi connectivity index (χ3n) is 5.19. The van der Waals surface area contributed by atoms with Gasteiger partial charge in [-0.2, -0.15) is 13.2 Å². The lowest BCUT2D eigenvalue weighted by Gasteiger charge is -2.15. The second-order valence-electron chi connectivity index (χ2n) is 7.65. The number of alkyl halides is 3. The SMILES string of the molecule is O=C(NCC(=O)N1C[C@H](O)[C@@H](O)C1)c1ccc2cc(Oc3ccc(C(F)(F)F)cn3)ccc2n1. The highest BCUT2D eigenvalue weighted by atomic mass is 19.4. The summed E-state index contributed by atoms with van der Waals surface area (Å²) in [5, 5.41) is 22.1. The Balaban J connectivity index is 1.39. The summed E-state index contributed by atoms with van der Waals surface area (Å²) in [6.45, 7) is -0.322. The fourth-order valence-corrected chi connectivity index (χ4v) is 3.35. The maximum absolute atomic E-state index is 12.6. The molecule has 34 heavy (non-hydrogen) atoms. The van der Waals surface area contributed by atoms with Gasteiger partial charge in [-0.25, -0.2) is 9.97 Å². The molecular formula is C22H19F3N4O5. The standard InChI is InChI=1S/C22H19F3N4O5/c23-22(24,25)13-2-6-19(26-8-13)34-14-3-5-15-12(7-14)1-4-16(28-15)21(33)27-9-20(32)29-10-17(30)18(31)11-29/h1-8,17-18,30-31H,9-11H2,(H,27,33)/t17-,18-/m0/s1. The number of halogens is 3. The van der Waals surface area contributed by atoms with Gasteiger partial charge in [0.1, 0.15) is 11.4 Å². The van der Waals surface area contributed by atoms with Crippen LogP contribution in [0.15, 0.2) is 48.7 Å². The fourth-order valence-electron chi connectivity index (χ4n) is 3.35. The summed E-state index contributed by atoms with van der Waals surface area (Å²) in [6.07, 6.45) is -5.82. The molecule has 0 unspecified atom stereocenters. The second-order valence-corrected chi connectivity index (χ2v) is 7.65. The van der Waals surface area contributed by atoms with Crippen molar-refractivity contribution < 1.29 is 37.7 Å². The van der Waals surface area contributed by atoms with Crippen LogP contribution in [0.5, 0.6) is 11.6 Å². The molecule has 4 rings (SSSR count). The Labute approximate surface area is 190 Å². The monoisotopic (exact) mass is 476 g/mol. The number of aromatic nitrogens is 2. The summed E-state index contributed by atoms with van der Waals surface area (Å²) >= 11 is 0. The molecule has 9 nitrogen and oxygen atoms in total. The van der Waals surface area contributed by atoms with Gasteiger partial charge in [-0.15, -0.1) is 0 Å². The van der Waals surface area contributed by atoms with Crippen molar-refractivity contribution in [2.24, 2.45) is 0 Å². The van der Waals surface area contributed by atoms with Crippen LogP contribution < -0.4 is 10.1 Å². The van der Waals surface area contributed by atoms with E-state index in [1.165, 1.54) is 17.0 Å². The van der Waals surface area contributed by atoms with E-state index in [2.05, 4.69) is 15.3 Å². The van der Waals surface area contributed by atoms with Gasteiger partial charge >= 0.3 is 6.18 Å². The van der Waals surface area contributed by atoms with Crippen LogP contribution in [0.2, 0.25) is 0 Å². The van der Waals surface area contributed by atoms with Gasteiger partial charge in [0.25, 0.3) is 5.91 Å². The molecule has 2 aromatic heterocycles. The smallest absolute Gasteiger partial charge is 0.417 e. The van der Waals surface area contributed by atoms with Crippen molar-refractivity contribution in [1.29, 1.82) is 0 Å². The molecule has 12 heteroatoms. The van der Waals surface area contributed by atoms with Gasteiger partial charge in [0.2, 0.25) is 11.8 Å². The van der Waals surface area contributed by atoms with Gasteiger partial charge in [0.05, 0.1) is 29.8 Å². The largest absolute Gasteiger partial charge is 0.439 e. The molecule has 1 aromatic carbocycles. The maximum atomic E-state index is 12.6. The van der Waals surface area contributed by atoms with Crippen LogP contribution in [0.25, 0.3) is 10.9 Å². The lowest BCUT2D eigenvalue weighted by Crippen LogP contribution is -2.39. The lowest BCUT2D eigenvalue weighted by atomic mass is 10.2. The predicted octanol–water partition coefficient (Wildman–Crippen LogP) is 1.73. The van der Waals surface area contributed by atoms with Crippen LogP contribution in [0, 0.1) is 0 Å². The first-order valence-electron chi connectivity index (χ1n) is 10.1. The average molecular weight is 476 g/mol. The Bertz CT molecular complexity index is 1210. The first-order valence-corrected chi connectivity index (χ1v) is 10.1. The number of carbonyl (C=O) groups is 2. The van der Waals surface area contributed by atoms with E-state index >= 15 is 0 Å². The number of rotatable bonds is 5. The number of hydrogen-bond donors (Lipinski definition) is 3. The quantitative estimate of drug-likeness (QED) is 0.512. The molecule has 2 amide bonds. The first kappa shape index (κ1) is 23.4. The minimum atomic E-state index is -4.49. The Morgan fingerprint density at radius 2 is 1.82 bits per heavy atom. The third kappa shape index (κ3) is 5.24. The molecule has 1 fully saturated rings. The number of benzene rings is 1. The molecule has 0 bridgehead atoms. The molecule has 1 saturated heterocycles. The Morgan fingerprint density at radius 3 is 2.47 bits per heavy atom. The Hall–Kier alpha value is -3.77. The van der Waals surface area contributed by atoms with Crippen LogP contribution in [0.3, 0.4) is 0 Å². The number of nitrogens with zero attached hydrogens (tertiary/aromatic N) is 3.